The topological polar surface area (TPSA) is 67.7 Å². The Morgan fingerprint density at radius 2 is 1.95 bits per heavy atom. The third-order valence-electron chi connectivity index (χ3n) is 7.17. The maximum absolute atomic E-state index is 13.2. The lowest BCUT2D eigenvalue weighted by Gasteiger charge is -2.39. The van der Waals surface area contributed by atoms with Crippen LogP contribution in [0.4, 0.5) is 0 Å². The largest absolute Gasteiger partial charge is 0.490 e. The molecule has 0 N–H and O–H groups in total. The van der Waals surface area contributed by atoms with Gasteiger partial charge in [0.1, 0.15) is 11.9 Å². The average Bonchev–Trinajstić information content (AvgIpc) is 3.21. The Hall–Kier alpha value is -3.32. The number of aromatic nitrogens is 2. The number of carbonyl (C=O) groups is 2. The second-order valence-corrected chi connectivity index (χ2v) is 10.3. The first-order valence-electron chi connectivity index (χ1n) is 12.8. The fraction of sp³-hybridized carbons (Fsp3) is 0.414. The molecule has 0 spiro atoms. The second-order valence-electron chi connectivity index (χ2n) is 9.82. The van der Waals surface area contributed by atoms with Crippen molar-refractivity contribution in [2.24, 2.45) is 13.0 Å². The first-order chi connectivity index (χ1) is 17.8. The van der Waals surface area contributed by atoms with Crippen LogP contribution in [0.2, 0.25) is 5.02 Å². The molecule has 1 fully saturated rings. The van der Waals surface area contributed by atoms with Gasteiger partial charge >= 0.3 is 0 Å². The molecule has 0 radical (unpaired) electrons. The van der Waals surface area contributed by atoms with Crippen molar-refractivity contribution in [1.29, 1.82) is 0 Å². The van der Waals surface area contributed by atoms with E-state index in [1.165, 1.54) is 0 Å². The predicted molar refractivity (Wildman–Crippen MR) is 144 cm³/mol. The molecule has 0 bridgehead atoms. The van der Waals surface area contributed by atoms with E-state index in [0.29, 0.717) is 56.1 Å². The SMILES string of the molecule is Cc1c(CCC(=O)N2CC[C@H](Oc3cccc(Cl)c3)[C@@H](CC(=O)N(C)Cc3ccccc3)C2)cnn1C. The Balaban J connectivity index is 1.42. The summed E-state index contributed by atoms with van der Waals surface area (Å²) >= 11 is 6.16. The van der Waals surface area contributed by atoms with E-state index in [-0.39, 0.29) is 23.8 Å². The van der Waals surface area contributed by atoms with E-state index < -0.39 is 0 Å². The van der Waals surface area contributed by atoms with Gasteiger partial charge in [0.05, 0.1) is 6.20 Å². The number of carbonyl (C=O) groups excluding carboxylic acids is 2. The van der Waals surface area contributed by atoms with Crippen LogP contribution in [-0.2, 0) is 29.6 Å². The number of piperidine rings is 1. The van der Waals surface area contributed by atoms with E-state index in [4.69, 9.17) is 16.3 Å². The summed E-state index contributed by atoms with van der Waals surface area (Å²) in [5, 5.41) is 4.88. The van der Waals surface area contributed by atoms with Gasteiger partial charge in [-0.3, -0.25) is 14.3 Å². The highest BCUT2D eigenvalue weighted by molar-refractivity contribution is 6.30. The van der Waals surface area contributed by atoms with Crippen LogP contribution >= 0.6 is 11.6 Å². The van der Waals surface area contributed by atoms with Crippen molar-refractivity contribution in [1.82, 2.24) is 19.6 Å². The number of hydrogen-bond acceptors (Lipinski definition) is 4. The van der Waals surface area contributed by atoms with Crippen molar-refractivity contribution in [3.05, 3.63) is 82.6 Å². The molecule has 196 valence electrons. The maximum atomic E-state index is 13.2. The van der Waals surface area contributed by atoms with Gasteiger partial charge < -0.3 is 14.5 Å². The van der Waals surface area contributed by atoms with Crippen LogP contribution in [0.3, 0.4) is 0 Å². The summed E-state index contributed by atoms with van der Waals surface area (Å²) in [4.78, 5) is 30.0. The van der Waals surface area contributed by atoms with Crippen molar-refractivity contribution < 1.29 is 14.3 Å². The van der Waals surface area contributed by atoms with Crippen molar-refractivity contribution >= 4 is 23.4 Å². The molecular formula is C29H35ClN4O3. The molecule has 1 aliphatic heterocycles. The molecule has 4 rings (SSSR count). The smallest absolute Gasteiger partial charge is 0.223 e. The van der Waals surface area contributed by atoms with Gasteiger partial charge in [-0.2, -0.15) is 5.10 Å². The van der Waals surface area contributed by atoms with Gasteiger partial charge in [-0.05, 0) is 42.7 Å². The Kier molecular flexibility index (Phi) is 8.87. The fourth-order valence-corrected chi connectivity index (χ4v) is 5.00. The van der Waals surface area contributed by atoms with Gasteiger partial charge in [0.2, 0.25) is 11.8 Å². The lowest BCUT2D eigenvalue weighted by atomic mass is 9.90. The van der Waals surface area contributed by atoms with Gasteiger partial charge in [-0.25, -0.2) is 0 Å². The molecule has 3 aromatic rings. The summed E-state index contributed by atoms with van der Waals surface area (Å²) in [6.45, 7) is 3.64. The number of ether oxygens (including phenoxy) is 1. The Bertz CT molecular complexity index is 1210. The van der Waals surface area contributed by atoms with Gasteiger partial charge in [0.25, 0.3) is 0 Å². The summed E-state index contributed by atoms with van der Waals surface area (Å²) < 4.78 is 8.14. The molecule has 37 heavy (non-hydrogen) atoms. The number of halogens is 1. The Morgan fingerprint density at radius 1 is 1.16 bits per heavy atom. The van der Waals surface area contributed by atoms with Crippen LogP contribution in [-0.4, -0.2) is 57.6 Å². The monoisotopic (exact) mass is 522 g/mol. The van der Waals surface area contributed by atoms with E-state index in [9.17, 15) is 9.59 Å². The normalized spacial score (nSPS) is 17.5. The number of nitrogens with zero attached hydrogens (tertiary/aromatic N) is 4. The molecule has 7 nitrogen and oxygen atoms in total. The van der Waals surface area contributed by atoms with Crippen LogP contribution in [0, 0.1) is 12.8 Å². The molecule has 0 unspecified atom stereocenters. The molecule has 2 aromatic carbocycles. The van der Waals surface area contributed by atoms with Crippen LogP contribution in [0.5, 0.6) is 5.75 Å². The molecule has 1 saturated heterocycles. The third kappa shape index (κ3) is 7.13. The van der Waals surface area contributed by atoms with Gasteiger partial charge in [-0.1, -0.05) is 48.0 Å². The van der Waals surface area contributed by atoms with Crippen LogP contribution in [0.25, 0.3) is 0 Å². The number of hydrogen-bond donors (Lipinski definition) is 0. The average molecular weight is 523 g/mol. The van der Waals surface area contributed by atoms with Crippen LogP contribution in [0.1, 0.15) is 36.1 Å². The lowest BCUT2D eigenvalue weighted by Crippen LogP contribution is -2.49. The summed E-state index contributed by atoms with van der Waals surface area (Å²) in [7, 11) is 3.73. The lowest BCUT2D eigenvalue weighted by molar-refractivity contribution is -0.138. The Labute approximate surface area is 224 Å². The first-order valence-corrected chi connectivity index (χ1v) is 13.1. The predicted octanol–water partition coefficient (Wildman–Crippen LogP) is 4.66. The van der Waals surface area contributed by atoms with Crippen molar-refractivity contribution in [3.63, 3.8) is 0 Å². The summed E-state index contributed by atoms with van der Waals surface area (Å²) in [5.41, 5.74) is 3.24. The fourth-order valence-electron chi connectivity index (χ4n) is 4.82. The highest BCUT2D eigenvalue weighted by Crippen LogP contribution is 2.28. The standard InChI is InChI=1S/C29H35ClN4O3/c1-21-23(18-31-33(21)3)12-13-28(35)34-15-14-27(37-26-11-7-10-25(30)17-26)24(20-34)16-29(36)32(2)19-22-8-5-4-6-9-22/h4-11,17-18,24,27H,12-16,19-20H2,1-3H3/t24-,27-/m0/s1. The zero-order chi connectivity index (χ0) is 26.4. The minimum absolute atomic E-state index is 0.0360. The highest BCUT2D eigenvalue weighted by Gasteiger charge is 2.35. The summed E-state index contributed by atoms with van der Waals surface area (Å²) in [5.74, 6) is 0.690. The number of aryl methyl sites for hydroxylation is 2. The van der Waals surface area contributed by atoms with Crippen LogP contribution in [0.15, 0.2) is 60.8 Å². The van der Waals surface area contributed by atoms with E-state index in [0.717, 1.165) is 16.8 Å². The second kappa shape index (κ2) is 12.3. The Morgan fingerprint density at radius 3 is 2.65 bits per heavy atom. The minimum atomic E-state index is -0.183. The molecule has 2 heterocycles. The minimum Gasteiger partial charge on any atom is -0.490 e. The van der Waals surface area contributed by atoms with E-state index in [2.05, 4.69) is 5.10 Å². The summed E-state index contributed by atoms with van der Waals surface area (Å²) in [6.07, 6.45) is 3.68. The molecule has 0 aliphatic carbocycles. The van der Waals surface area contributed by atoms with Gasteiger partial charge in [-0.15, -0.1) is 0 Å². The van der Waals surface area contributed by atoms with E-state index in [1.807, 2.05) is 79.3 Å². The van der Waals surface area contributed by atoms with E-state index >= 15 is 0 Å². The van der Waals surface area contributed by atoms with Crippen molar-refractivity contribution in [2.75, 3.05) is 20.1 Å². The number of amides is 2. The molecule has 2 atom stereocenters. The van der Waals surface area contributed by atoms with Crippen LogP contribution < -0.4 is 4.74 Å². The molecular weight excluding hydrogens is 488 g/mol. The van der Waals surface area contributed by atoms with Crippen molar-refractivity contribution in [2.45, 2.75) is 45.3 Å². The maximum Gasteiger partial charge on any atom is 0.223 e. The number of likely N-dealkylation sites (tertiary alicyclic amines) is 1. The quantitative estimate of drug-likeness (QED) is 0.410. The molecule has 1 aromatic heterocycles. The first kappa shape index (κ1) is 26.7. The zero-order valence-electron chi connectivity index (χ0n) is 21.8. The van der Waals surface area contributed by atoms with E-state index in [1.54, 1.807) is 17.0 Å². The number of benzene rings is 2. The van der Waals surface area contributed by atoms with Crippen molar-refractivity contribution in [3.8, 4) is 5.75 Å². The third-order valence-corrected chi connectivity index (χ3v) is 7.41. The molecule has 2 amide bonds. The number of rotatable bonds is 9. The highest BCUT2D eigenvalue weighted by atomic mass is 35.5. The zero-order valence-corrected chi connectivity index (χ0v) is 22.5. The molecule has 8 heteroatoms. The van der Waals surface area contributed by atoms with Gasteiger partial charge in [0, 0.05) is 69.6 Å². The molecule has 0 saturated carbocycles. The molecule has 1 aliphatic rings. The summed E-state index contributed by atoms with van der Waals surface area (Å²) in [6, 6.07) is 17.3. The van der Waals surface area contributed by atoms with Gasteiger partial charge in [0.15, 0.2) is 0 Å².